The Morgan fingerprint density at radius 1 is 0.421 bits per heavy atom. The molecular formula is C87H62N8O19. The normalized spacial score (nSPS) is 17.9. The van der Waals surface area contributed by atoms with E-state index in [1.165, 1.54) is 116 Å². The molecule has 27 nitrogen and oxygen atoms in total. The van der Waals surface area contributed by atoms with Crippen LogP contribution < -0.4 is 35.7 Å². The lowest BCUT2D eigenvalue weighted by Gasteiger charge is -2.33. The molecule has 0 N–H and O–H groups in total. The zero-order valence-electron chi connectivity index (χ0n) is 60.9. The van der Waals surface area contributed by atoms with Crippen LogP contribution in [0.3, 0.4) is 0 Å². The van der Waals surface area contributed by atoms with Gasteiger partial charge in [-0.05, 0) is 158 Å². The standard InChI is InChI=1S/C31H24N2O6.C28H19N3O7.C28H19N3O6/c1-18-8-6-9-19(2)25(18)33-28-24(26(34)22-10-4-5-11-23(22)39-28)31(30(33)37)16-7-17-32(31)27(35)20-12-14-21(15-13-20)29(36)38-3;1-37-20-13-11-18(12-14-20)30-26-23(24(32)21-5-2-3-6-22(21)38-26)28(27(30)34)15-4-16-29(28)25(33)17-7-9-19(10-8-17)31(35)36;32-24-21-9-4-5-10-22(21)37-26-23(24)28(27(34)29(26)17-18-7-2-1-3-8-18)15-6-16-30(28)25(33)19-11-13-20(14-12-19)31(35)36/h4-16H,17H2,1-3H3;2-15H,16H2,1H3;1-15H,16-17H2. The molecule has 0 fully saturated rings. The zero-order valence-corrected chi connectivity index (χ0v) is 60.9. The Bertz CT molecular complexity index is 6390. The Morgan fingerprint density at radius 3 is 1.21 bits per heavy atom. The van der Waals surface area contributed by atoms with Crippen molar-refractivity contribution in [3.05, 3.63) is 361 Å². The first kappa shape index (κ1) is 72.9. The second-order valence-corrected chi connectivity index (χ2v) is 27.3. The van der Waals surface area contributed by atoms with Gasteiger partial charge in [0.05, 0.1) is 63.7 Å². The van der Waals surface area contributed by atoms with Crippen LogP contribution in [-0.2, 0) is 42.3 Å². The lowest BCUT2D eigenvalue weighted by Crippen LogP contribution is -2.53. The predicted octanol–water partition coefficient (Wildman–Crippen LogP) is 13.2. The number of hydrogen-bond donors (Lipinski definition) is 0. The van der Waals surface area contributed by atoms with Crippen LogP contribution in [0.25, 0.3) is 32.9 Å². The largest absolute Gasteiger partial charge is 0.497 e. The van der Waals surface area contributed by atoms with E-state index in [1.807, 2.05) is 62.4 Å². The number of nitro groups is 2. The highest BCUT2D eigenvalue weighted by molar-refractivity contribution is 6.18. The Hall–Kier alpha value is -15.3. The Kier molecular flexibility index (Phi) is 18.1. The third kappa shape index (κ3) is 11.4. The predicted molar refractivity (Wildman–Crippen MR) is 418 cm³/mol. The number of ether oxygens (including phenoxy) is 2. The molecule has 27 heteroatoms. The molecule has 3 aromatic heterocycles. The maximum absolute atomic E-state index is 14.6. The molecule has 9 heterocycles. The highest BCUT2D eigenvalue weighted by Gasteiger charge is 2.63. The van der Waals surface area contributed by atoms with Crippen molar-refractivity contribution in [1.82, 2.24) is 14.7 Å². The molecule has 0 saturated carbocycles. The summed E-state index contributed by atoms with van der Waals surface area (Å²) in [5, 5.41) is 23.0. The number of benzene rings is 9. The number of nitrogens with zero attached hydrogens (tertiary/aromatic N) is 8. The Balaban J connectivity index is 0.000000129. The maximum atomic E-state index is 14.6. The average Bonchev–Trinajstić information content (AvgIpc) is 1.54. The van der Waals surface area contributed by atoms with Gasteiger partial charge in [-0.15, -0.1) is 0 Å². The van der Waals surface area contributed by atoms with Gasteiger partial charge in [-0.3, -0.25) is 68.3 Å². The number of carbonyl (C=O) groups excluding carboxylic acids is 7. The number of methoxy groups -OCH3 is 2. The van der Waals surface area contributed by atoms with Crippen LogP contribution in [0.4, 0.5) is 40.4 Å². The summed E-state index contributed by atoms with van der Waals surface area (Å²) in [6.07, 6.45) is 9.78. The van der Waals surface area contributed by atoms with Gasteiger partial charge in [-0.2, -0.15) is 0 Å². The van der Waals surface area contributed by atoms with Crippen molar-refractivity contribution in [3.63, 3.8) is 0 Å². The molecule has 6 amide bonds. The molecule has 0 saturated heterocycles. The molecule has 0 bridgehead atoms. The van der Waals surface area contributed by atoms with Crippen molar-refractivity contribution in [3.8, 4) is 5.75 Å². The summed E-state index contributed by atoms with van der Waals surface area (Å²) in [5.74, 6) is -2.79. The molecule has 6 aliphatic rings. The van der Waals surface area contributed by atoms with E-state index in [0.29, 0.717) is 50.2 Å². The maximum Gasteiger partial charge on any atom is 0.337 e. The molecule has 564 valence electrons. The fraction of sp³-hybridized carbons (Fsp3) is 0.126. The van der Waals surface area contributed by atoms with Gasteiger partial charge < -0.3 is 37.4 Å². The number of para-hydroxylation sites is 4. The zero-order chi connectivity index (χ0) is 79.8. The topological polar surface area (TPSA) is 334 Å². The number of esters is 1. The molecule has 3 spiro atoms. The number of carbonyl (C=O) groups is 7. The van der Waals surface area contributed by atoms with Gasteiger partial charge in [0.1, 0.15) is 39.2 Å². The van der Waals surface area contributed by atoms with Crippen molar-refractivity contribution in [2.45, 2.75) is 37.0 Å². The Morgan fingerprint density at radius 2 is 0.789 bits per heavy atom. The first-order chi connectivity index (χ1) is 55.1. The molecule has 12 aromatic rings. The van der Waals surface area contributed by atoms with E-state index in [9.17, 15) is 68.2 Å². The molecule has 3 atom stereocenters. The van der Waals surface area contributed by atoms with Gasteiger partial charge in [-0.25, -0.2) is 14.6 Å². The van der Waals surface area contributed by atoms with E-state index < -0.39 is 78.7 Å². The van der Waals surface area contributed by atoms with E-state index in [0.717, 1.165) is 16.7 Å². The third-order valence-electron chi connectivity index (χ3n) is 21.1. The number of amides is 6. The quantitative estimate of drug-likeness (QED) is 0.0502. The summed E-state index contributed by atoms with van der Waals surface area (Å²) in [6.45, 7) is 4.14. The van der Waals surface area contributed by atoms with Crippen molar-refractivity contribution in [1.29, 1.82) is 0 Å². The number of nitro benzene ring substituents is 2. The van der Waals surface area contributed by atoms with Gasteiger partial charge in [0.2, 0.25) is 33.9 Å². The smallest absolute Gasteiger partial charge is 0.337 e. The van der Waals surface area contributed by atoms with Crippen molar-refractivity contribution < 1.29 is 66.1 Å². The van der Waals surface area contributed by atoms with Crippen molar-refractivity contribution in [2.24, 2.45) is 0 Å². The summed E-state index contributed by atoms with van der Waals surface area (Å²) >= 11 is 0. The van der Waals surface area contributed by atoms with E-state index in [2.05, 4.69) is 0 Å². The second kappa shape index (κ2) is 28.3. The second-order valence-electron chi connectivity index (χ2n) is 27.3. The van der Waals surface area contributed by atoms with Crippen LogP contribution in [0, 0.1) is 34.1 Å². The van der Waals surface area contributed by atoms with Crippen LogP contribution in [0.2, 0.25) is 0 Å². The SMILES string of the molecule is COC(=O)c1ccc(C(=O)N2CC=CC23C(=O)N(c2c(C)cccc2C)c2oc4ccccc4c(=O)c23)cc1.COc1ccc(N2C(=O)C3(C=CCN3C(=O)c3ccc([N+](=O)[O-])cc3)c3c2oc2ccccc2c3=O)cc1.O=C(c1ccc([N+](=O)[O-])cc1)N1CC=CC12C(=O)N(Cc1ccccc1)c1oc3ccccc3c(=O)c12. The van der Waals surface area contributed by atoms with Crippen LogP contribution in [0.5, 0.6) is 5.75 Å². The number of hydrogen-bond acceptors (Lipinski definition) is 19. The minimum absolute atomic E-state index is 0.0249. The summed E-state index contributed by atoms with van der Waals surface area (Å²) in [4.78, 5) is 167. The van der Waals surface area contributed by atoms with Gasteiger partial charge in [0, 0.05) is 60.6 Å². The minimum Gasteiger partial charge on any atom is -0.497 e. The summed E-state index contributed by atoms with van der Waals surface area (Å²) in [7, 11) is 2.80. The van der Waals surface area contributed by atoms with E-state index in [1.54, 1.807) is 134 Å². The highest BCUT2D eigenvalue weighted by atomic mass is 16.6. The molecule has 6 aliphatic heterocycles. The molecule has 9 aromatic carbocycles. The molecule has 3 unspecified atom stereocenters. The highest BCUT2D eigenvalue weighted by Crippen LogP contribution is 2.54. The van der Waals surface area contributed by atoms with E-state index in [-0.39, 0.29) is 99.4 Å². The van der Waals surface area contributed by atoms with Gasteiger partial charge in [-0.1, -0.05) is 103 Å². The minimum atomic E-state index is -1.77. The van der Waals surface area contributed by atoms with Gasteiger partial charge in [0.15, 0.2) is 16.6 Å². The van der Waals surface area contributed by atoms with Gasteiger partial charge in [0.25, 0.3) is 46.8 Å². The molecular weight excluding hydrogens is 1460 g/mol. The van der Waals surface area contributed by atoms with Gasteiger partial charge >= 0.3 is 5.97 Å². The number of fused-ring (bicyclic) bond motifs is 9. The van der Waals surface area contributed by atoms with Crippen molar-refractivity contribution >= 4 is 115 Å². The van der Waals surface area contributed by atoms with E-state index >= 15 is 0 Å². The number of aryl methyl sites for hydroxylation is 2. The lowest BCUT2D eigenvalue weighted by atomic mass is 9.90. The van der Waals surface area contributed by atoms with Crippen LogP contribution in [-0.4, -0.2) is 99.8 Å². The van der Waals surface area contributed by atoms with Crippen LogP contribution in [0.15, 0.2) is 282 Å². The first-order valence-corrected chi connectivity index (χ1v) is 35.7. The Labute approximate surface area is 645 Å². The summed E-state index contributed by atoms with van der Waals surface area (Å²) < 4.78 is 28.6. The fourth-order valence-electron chi connectivity index (χ4n) is 15.7. The van der Waals surface area contributed by atoms with Crippen LogP contribution >= 0.6 is 0 Å². The molecule has 0 radical (unpaired) electrons. The van der Waals surface area contributed by atoms with Crippen LogP contribution in [0.1, 0.15) is 74.8 Å². The number of rotatable bonds is 11. The fourth-order valence-corrected chi connectivity index (χ4v) is 15.7. The molecule has 0 aliphatic carbocycles. The van der Waals surface area contributed by atoms with Crippen molar-refractivity contribution in [2.75, 3.05) is 48.6 Å². The first-order valence-electron chi connectivity index (χ1n) is 35.7. The number of non-ortho nitro benzene ring substituents is 2. The summed E-state index contributed by atoms with van der Waals surface area (Å²) in [6, 6.07) is 58.1. The summed E-state index contributed by atoms with van der Waals surface area (Å²) in [5.41, 5.74) is -1.16. The molecule has 18 rings (SSSR count). The number of anilines is 5. The molecule has 114 heavy (non-hydrogen) atoms. The average molecular weight is 1520 g/mol. The van der Waals surface area contributed by atoms with E-state index in [4.69, 9.17) is 22.7 Å². The lowest BCUT2D eigenvalue weighted by molar-refractivity contribution is -0.385. The monoisotopic (exact) mass is 1520 g/mol. The third-order valence-corrected chi connectivity index (χ3v) is 21.1.